The predicted molar refractivity (Wildman–Crippen MR) is 85.1 cm³/mol. The summed E-state index contributed by atoms with van der Waals surface area (Å²) in [6, 6.07) is 7.54. The average Bonchev–Trinajstić information content (AvgIpc) is 2.46. The molecule has 0 fully saturated rings. The fourth-order valence-electron chi connectivity index (χ4n) is 1.71. The van der Waals surface area contributed by atoms with Crippen molar-refractivity contribution >= 4 is 22.0 Å². The first-order valence-electron chi connectivity index (χ1n) is 6.84. The molecule has 21 heavy (non-hydrogen) atoms. The minimum atomic E-state index is -3.61. The smallest absolute Gasteiger partial charge is 0.236 e. The maximum Gasteiger partial charge on any atom is 0.236 e. The maximum atomic E-state index is 12.3. The molecule has 5 nitrogen and oxygen atoms in total. The van der Waals surface area contributed by atoms with Crippen molar-refractivity contribution in [1.82, 2.24) is 9.62 Å². The van der Waals surface area contributed by atoms with Crippen LogP contribution in [0.5, 0.6) is 0 Å². The molecule has 1 N–H and O–H groups in total. The predicted octanol–water partition coefficient (Wildman–Crippen LogP) is 1.75. The van der Waals surface area contributed by atoms with E-state index in [-0.39, 0.29) is 12.5 Å². The monoisotopic (exact) mass is 310 g/mol. The molecule has 0 saturated carbocycles. The Morgan fingerprint density at radius 1 is 1.29 bits per heavy atom. The highest BCUT2D eigenvalue weighted by Gasteiger charge is 2.20. The van der Waals surface area contributed by atoms with Gasteiger partial charge >= 0.3 is 0 Å². The van der Waals surface area contributed by atoms with Gasteiger partial charge in [0.1, 0.15) is 0 Å². The lowest BCUT2D eigenvalue weighted by Gasteiger charge is -2.18. The summed E-state index contributed by atoms with van der Waals surface area (Å²) in [7, 11) is -2.12. The van der Waals surface area contributed by atoms with E-state index >= 15 is 0 Å². The number of carbonyl (C=O) groups excluding carboxylic acids is 1. The Kier molecular flexibility index (Phi) is 6.58. The molecule has 0 aliphatic rings. The minimum Gasteiger partial charge on any atom is -0.358 e. The quantitative estimate of drug-likeness (QED) is 0.834. The molecule has 0 bridgehead atoms. The Labute approximate surface area is 126 Å². The van der Waals surface area contributed by atoms with Crippen molar-refractivity contribution in [2.24, 2.45) is 0 Å². The van der Waals surface area contributed by atoms with Gasteiger partial charge in [-0.05, 0) is 25.0 Å². The molecule has 0 spiro atoms. The summed E-state index contributed by atoms with van der Waals surface area (Å²) < 4.78 is 25.7. The van der Waals surface area contributed by atoms with Crippen LogP contribution in [0.1, 0.15) is 24.5 Å². The van der Waals surface area contributed by atoms with Crippen LogP contribution in [0.2, 0.25) is 0 Å². The fraction of sp³-hybridized carbons (Fsp3) is 0.400. The summed E-state index contributed by atoms with van der Waals surface area (Å²) in [5.41, 5.74) is 1.92. The SMILES string of the molecule is CCCN(CC(=O)NC)S(=O)(=O)/C=C/c1ccc(C)cc1. The molecule has 0 aliphatic heterocycles. The van der Waals surface area contributed by atoms with Gasteiger partial charge in [0.15, 0.2) is 0 Å². The summed E-state index contributed by atoms with van der Waals surface area (Å²) in [6.07, 6.45) is 2.19. The van der Waals surface area contributed by atoms with Crippen LogP contribution in [0.3, 0.4) is 0 Å². The maximum absolute atomic E-state index is 12.3. The van der Waals surface area contributed by atoms with Gasteiger partial charge in [-0.15, -0.1) is 0 Å². The lowest BCUT2D eigenvalue weighted by molar-refractivity contribution is -0.120. The normalized spacial score (nSPS) is 12.0. The van der Waals surface area contributed by atoms with E-state index in [0.29, 0.717) is 13.0 Å². The van der Waals surface area contributed by atoms with Gasteiger partial charge in [0.2, 0.25) is 15.9 Å². The number of carbonyl (C=O) groups is 1. The van der Waals surface area contributed by atoms with Crippen molar-refractivity contribution in [3.05, 3.63) is 40.8 Å². The zero-order valence-corrected chi connectivity index (χ0v) is 13.5. The topological polar surface area (TPSA) is 66.5 Å². The van der Waals surface area contributed by atoms with Crippen molar-refractivity contribution in [3.8, 4) is 0 Å². The number of nitrogens with one attached hydrogen (secondary N) is 1. The first-order chi connectivity index (χ1) is 9.89. The summed E-state index contributed by atoms with van der Waals surface area (Å²) >= 11 is 0. The molecule has 1 aromatic rings. The van der Waals surface area contributed by atoms with Crippen molar-refractivity contribution < 1.29 is 13.2 Å². The Morgan fingerprint density at radius 3 is 2.43 bits per heavy atom. The van der Waals surface area contributed by atoms with Crippen LogP contribution in [-0.2, 0) is 14.8 Å². The van der Waals surface area contributed by atoms with E-state index in [9.17, 15) is 13.2 Å². The van der Waals surface area contributed by atoms with Gasteiger partial charge in [-0.1, -0.05) is 36.8 Å². The van der Waals surface area contributed by atoms with E-state index in [1.54, 1.807) is 6.08 Å². The number of sulfonamides is 1. The second-order valence-electron chi connectivity index (χ2n) is 4.77. The zero-order chi connectivity index (χ0) is 15.9. The van der Waals surface area contributed by atoms with E-state index in [1.165, 1.54) is 11.4 Å². The van der Waals surface area contributed by atoms with Crippen LogP contribution < -0.4 is 5.32 Å². The van der Waals surface area contributed by atoms with Crippen LogP contribution in [0.4, 0.5) is 0 Å². The Balaban J connectivity index is 2.89. The number of benzene rings is 1. The largest absolute Gasteiger partial charge is 0.358 e. The second kappa shape index (κ2) is 7.95. The van der Waals surface area contributed by atoms with Crippen molar-refractivity contribution in [1.29, 1.82) is 0 Å². The van der Waals surface area contributed by atoms with Gasteiger partial charge in [-0.2, -0.15) is 4.31 Å². The number of nitrogens with zero attached hydrogens (tertiary/aromatic N) is 1. The Morgan fingerprint density at radius 2 is 1.90 bits per heavy atom. The molecule has 0 aromatic heterocycles. The third-order valence-corrected chi connectivity index (χ3v) is 4.45. The van der Waals surface area contributed by atoms with Gasteiger partial charge in [-0.25, -0.2) is 8.42 Å². The van der Waals surface area contributed by atoms with Crippen molar-refractivity contribution in [2.45, 2.75) is 20.3 Å². The van der Waals surface area contributed by atoms with Crippen molar-refractivity contribution in [2.75, 3.05) is 20.1 Å². The molecule has 0 radical (unpaired) electrons. The van der Waals surface area contributed by atoms with Gasteiger partial charge in [0.05, 0.1) is 6.54 Å². The molecule has 1 amide bonds. The number of aryl methyl sites for hydroxylation is 1. The third kappa shape index (κ3) is 5.69. The van der Waals surface area contributed by atoms with E-state index in [1.807, 2.05) is 38.1 Å². The van der Waals surface area contributed by atoms with Gasteiger partial charge in [-0.3, -0.25) is 4.79 Å². The van der Waals surface area contributed by atoms with Crippen LogP contribution >= 0.6 is 0 Å². The Hall–Kier alpha value is -1.66. The molecule has 1 aromatic carbocycles. The lowest BCUT2D eigenvalue weighted by Crippen LogP contribution is -2.39. The van der Waals surface area contributed by atoms with Crippen LogP contribution in [0, 0.1) is 6.92 Å². The number of hydrogen-bond donors (Lipinski definition) is 1. The van der Waals surface area contributed by atoms with Gasteiger partial charge in [0.25, 0.3) is 0 Å². The van der Waals surface area contributed by atoms with E-state index in [0.717, 1.165) is 16.5 Å². The number of amides is 1. The third-order valence-electron chi connectivity index (χ3n) is 2.94. The molecular weight excluding hydrogens is 288 g/mol. The highest BCUT2D eigenvalue weighted by molar-refractivity contribution is 7.92. The molecule has 0 aliphatic carbocycles. The summed E-state index contributed by atoms with van der Waals surface area (Å²) in [5.74, 6) is -0.323. The van der Waals surface area contributed by atoms with Crippen LogP contribution in [0.25, 0.3) is 6.08 Å². The first-order valence-corrected chi connectivity index (χ1v) is 8.35. The van der Waals surface area contributed by atoms with Gasteiger partial charge < -0.3 is 5.32 Å². The first kappa shape index (κ1) is 17.4. The Bertz CT molecular complexity index is 592. The molecular formula is C15H22N2O3S. The molecule has 0 saturated heterocycles. The van der Waals surface area contributed by atoms with Crippen molar-refractivity contribution in [3.63, 3.8) is 0 Å². The molecule has 116 valence electrons. The van der Waals surface area contributed by atoms with E-state index in [4.69, 9.17) is 0 Å². The molecule has 0 atom stereocenters. The lowest BCUT2D eigenvalue weighted by atomic mass is 10.2. The molecule has 0 unspecified atom stereocenters. The number of likely N-dealkylation sites (N-methyl/N-ethyl adjacent to an activating group) is 1. The summed E-state index contributed by atoms with van der Waals surface area (Å²) in [6.45, 7) is 3.99. The average molecular weight is 310 g/mol. The highest BCUT2D eigenvalue weighted by Crippen LogP contribution is 2.10. The van der Waals surface area contributed by atoms with Gasteiger partial charge in [0, 0.05) is 19.0 Å². The molecule has 1 rings (SSSR count). The van der Waals surface area contributed by atoms with E-state index in [2.05, 4.69) is 5.32 Å². The molecule has 6 heteroatoms. The number of hydrogen-bond acceptors (Lipinski definition) is 3. The summed E-state index contributed by atoms with van der Waals surface area (Å²) in [5, 5.41) is 3.59. The highest BCUT2D eigenvalue weighted by atomic mass is 32.2. The second-order valence-corrected chi connectivity index (χ2v) is 6.58. The fourth-order valence-corrected chi connectivity index (χ4v) is 2.95. The minimum absolute atomic E-state index is 0.162. The number of rotatable bonds is 7. The van der Waals surface area contributed by atoms with Crippen LogP contribution in [0.15, 0.2) is 29.7 Å². The zero-order valence-electron chi connectivity index (χ0n) is 12.7. The van der Waals surface area contributed by atoms with E-state index < -0.39 is 10.0 Å². The molecule has 0 heterocycles. The summed E-state index contributed by atoms with van der Waals surface area (Å²) in [4.78, 5) is 11.4. The standard InChI is InChI=1S/C15H22N2O3S/c1-4-10-17(12-15(18)16-3)21(19,20)11-9-14-7-5-13(2)6-8-14/h5-9,11H,4,10,12H2,1-3H3,(H,16,18)/b11-9+. The van der Waals surface area contributed by atoms with Crippen LogP contribution in [-0.4, -0.2) is 38.8 Å².